The molecule has 0 aliphatic rings. The highest BCUT2D eigenvalue weighted by Gasteiger charge is 2.10. The zero-order chi connectivity index (χ0) is 14.1. The number of nitrogens with zero attached hydrogens (tertiary/aromatic N) is 3. The lowest BCUT2D eigenvalue weighted by atomic mass is 10.1. The minimum absolute atomic E-state index is 0.365. The number of ether oxygens (including phenoxy) is 1. The summed E-state index contributed by atoms with van der Waals surface area (Å²) in [6, 6.07) is 7.64. The number of anilines is 1. The van der Waals surface area contributed by atoms with Gasteiger partial charge in [0.2, 0.25) is 0 Å². The number of hydrogen-bond acceptors (Lipinski definition) is 5. The maximum absolute atomic E-state index is 5.82. The van der Waals surface area contributed by atoms with E-state index in [0.717, 1.165) is 15.6 Å². The highest BCUT2D eigenvalue weighted by molar-refractivity contribution is 9.10. The Hall–Kier alpha value is -2.15. The summed E-state index contributed by atoms with van der Waals surface area (Å²) in [5.41, 5.74) is 9.06. The number of nitrogens with one attached hydrogen (secondary N) is 1. The van der Waals surface area contributed by atoms with Gasteiger partial charge in [-0.2, -0.15) is 0 Å². The van der Waals surface area contributed by atoms with Gasteiger partial charge in [0.05, 0.1) is 0 Å². The molecule has 0 aliphatic heterocycles. The molecule has 102 valence electrons. The molecule has 0 saturated heterocycles. The van der Waals surface area contributed by atoms with Gasteiger partial charge in [-0.1, -0.05) is 33.3 Å². The van der Waals surface area contributed by atoms with Crippen molar-refractivity contribution in [2.45, 2.75) is 13.5 Å². The zero-order valence-corrected chi connectivity index (χ0v) is 12.3. The molecule has 0 aliphatic carbocycles. The molecule has 7 heteroatoms. The average Bonchev–Trinajstić information content (AvgIpc) is 2.88. The fraction of sp³-hybridized carbons (Fsp3) is 0.154. The highest BCUT2D eigenvalue weighted by atomic mass is 79.9. The number of hydrogen-bond donors (Lipinski definition) is 2. The van der Waals surface area contributed by atoms with Crippen molar-refractivity contribution in [1.29, 1.82) is 0 Å². The second-order valence-corrected chi connectivity index (χ2v) is 5.22. The summed E-state index contributed by atoms with van der Waals surface area (Å²) >= 11 is 3.50. The topological polar surface area (TPSA) is 89.7 Å². The van der Waals surface area contributed by atoms with Crippen molar-refractivity contribution in [3.05, 3.63) is 39.9 Å². The Morgan fingerprint density at radius 1 is 1.40 bits per heavy atom. The maximum Gasteiger partial charge on any atom is 0.181 e. The number of halogens is 1. The Labute approximate surface area is 123 Å². The molecule has 0 atom stereocenters. The quantitative estimate of drug-likeness (QED) is 0.768. The minimum Gasteiger partial charge on any atom is -0.486 e. The van der Waals surface area contributed by atoms with Gasteiger partial charge >= 0.3 is 0 Å². The smallest absolute Gasteiger partial charge is 0.181 e. The largest absolute Gasteiger partial charge is 0.486 e. The fourth-order valence-corrected chi connectivity index (χ4v) is 2.31. The molecule has 0 bridgehead atoms. The molecule has 6 nitrogen and oxygen atoms in total. The number of H-pyrrole nitrogens is 1. The number of aromatic amines is 1. The fourth-order valence-electron chi connectivity index (χ4n) is 1.90. The van der Waals surface area contributed by atoms with E-state index in [9.17, 15) is 0 Å². The Bertz CT molecular complexity index is 771. The van der Waals surface area contributed by atoms with Gasteiger partial charge in [-0.3, -0.25) is 0 Å². The summed E-state index contributed by atoms with van der Waals surface area (Å²) in [7, 11) is 0. The van der Waals surface area contributed by atoms with E-state index < -0.39 is 0 Å². The lowest BCUT2D eigenvalue weighted by Crippen LogP contribution is -2.00. The first-order valence-electron chi connectivity index (χ1n) is 5.99. The van der Waals surface area contributed by atoms with Gasteiger partial charge in [0.25, 0.3) is 0 Å². The van der Waals surface area contributed by atoms with E-state index in [4.69, 9.17) is 10.5 Å². The van der Waals surface area contributed by atoms with Gasteiger partial charge in [0.1, 0.15) is 12.4 Å². The molecule has 3 N–H and O–H groups in total. The molecule has 0 saturated carbocycles. The van der Waals surface area contributed by atoms with Crippen molar-refractivity contribution in [3.63, 3.8) is 0 Å². The number of nitrogen functional groups attached to an aromatic ring is 1. The van der Waals surface area contributed by atoms with Crippen LogP contribution in [-0.4, -0.2) is 20.4 Å². The number of nitrogens with two attached hydrogens (primary N) is 1. The highest BCUT2D eigenvalue weighted by Crippen LogP contribution is 2.25. The maximum atomic E-state index is 5.82. The molecule has 0 radical (unpaired) electrons. The molecule has 2 aromatic heterocycles. The van der Waals surface area contributed by atoms with E-state index in [-0.39, 0.29) is 0 Å². The van der Waals surface area contributed by atoms with E-state index in [1.54, 1.807) is 6.07 Å². The summed E-state index contributed by atoms with van der Waals surface area (Å²) < 4.78 is 6.87. The number of fused-ring (bicyclic) bond motifs is 1. The van der Waals surface area contributed by atoms with E-state index in [1.165, 1.54) is 0 Å². The zero-order valence-electron chi connectivity index (χ0n) is 10.7. The summed E-state index contributed by atoms with van der Waals surface area (Å²) in [5.74, 6) is 0.935. The lowest BCUT2D eigenvalue weighted by molar-refractivity contribution is 0.308. The van der Waals surface area contributed by atoms with Crippen molar-refractivity contribution in [2.24, 2.45) is 0 Å². The van der Waals surface area contributed by atoms with Crippen LogP contribution in [0.15, 0.2) is 28.7 Å². The summed E-state index contributed by atoms with van der Waals surface area (Å²) in [6.45, 7) is 2.46. The molecule has 20 heavy (non-hydrogen) atoms. The Kier molecular flexibility index (Phi) is 3.27. The Morgan fingerprint density at radius 2 is 2.25 bits per heavy atom. The Morgan fingerprint density at radius 3 is 3.10 bits per heavy atom. The first-order valence-corrected chi connectivity index (χ1v) is 6.78. The predicted octanol–water partition coefficient (Wildman–Crippen LogP) is 2.59. The van der Waals surface area contributed by atoms with Gasteiger partial charge in [0.15, 0.2) is 16.9 Å². The minimum atomic E-state index is 0.365. The summed E-state index contributed by atoms with van der Waals surface area (Å²) in [4.78, 5) is 4.09. The van der Waals surface area contributed by atoms with Crippen LogP contribution >= 0.6 is 15.9 Å². The predicted molar refractivity (Wildman–Crippen MR) is 79.3 cm³/mol. The van der Waals surface area contributed by atoms with Crippen LogP contribution in [0.4, 0.5) is 5.82 Å². The van der Waals surface area contributed by atoms with E-state index in [0.29, 0.717) is 29.3 Å². The number of aromatic nitrogens is 4. The first-order chi connectivity index (χ1) is 9.65. The molecule has 2 heterocycles. The SMILES string of the molecule is Cc1c(Br)cccc1COc1cc(N)nc2[nH]nnc12. The first kappa shape index (κ1) is 12.9. The van der Waals surface area contributed by atoms with E-state index in [1.807, 2.05) is 25.1 Å². The molecular formula is C13H12BrN5O. The van der Waals surface area contributed by atoms with Gasteiger partial charge in [-0.15, -0.1) is 5.10 Å². The standard InChI is InChI=1S/C13H12BrN5O/c1-7-8(3-2-4-9(7)14)6-20-10-5-11(15)16-13-12(10)17-19-18-13/h2-5H,6H2,1H3,(H3,15,16,17,18,19). The molecule has 0 spiro atoms. The van der Waals surface area contributed by atoms with Gasteiger partial charge < -0.3 is 10.5 Å². The average molecular weight is 334 g/mol. The number of pyridine rings is 1. The van der Waals surface area contributed by atoms with E-state index in [2.05, 4.69) is 36.3 Å². The Balaban J connectivity index is 1.90. The molecule has 3 aromatic rings. The third-order valence-electron chi connectivity index (χ3n) is 3.05. The second-order valence-electron chi connectivity index (χ2n) is 4.37. The van der Waals surface area contributed by atoms with Crippen LogP contribution in [0.1, 0.15) is 11.1 Å². The van der Waals surface area contributed by atoms with Crippen LogP contribution in [0.3, 0.4) is 0 Å². The van der Waals surface area contributed by atoms with Crippen molar-refractivity contribution < 1.29 is 4.74 Å². The third-order valence-corrected chi connectivity index (χ3v) is 3.91. The summed E-state index contributed by atoms with van der Waals surface area (Å²) in [6.07, 6.45) is 0. The lowest BCUT2D eigenvalue weighted by Gasteiger charge is -2.10. The molecule has 0 amide bonds. The molecular weight excluding hydrogens is 322 g/mol. The van der Waals surface area contributed by atoms with Crippen molar-refractivity contribution in [1.82, 2.24) is 20.4 Å². The monoisotopic (exact) mass is 333 g/mol. The van der Waals surface area contributed by atoms with Crippen LogP contribution in [0.2, 0.25) is 0 Å². The van der Waals surface area contributed by atoms with Crippen LogP contribution in [0.5, 0.6) is 5.75 Å². The van der Waals surface area contributed by atoms with E-state index >= 15 is 0 Å². The van der Waals surface area contributed by atoms with Crippen LogP contribution in [-0.2, 0) is 6.61 Å². The summed E-state index contributed by atoms with van der Waals surface area (Å²) in [5, 5.41) is 10.3. The van der Waals surface area contributed by atoms with Gasteiger partial charge in [-0.05, 0) is 24.1 Å². The van der Waals surface area contributed by atoms with Crippen molar-refractivity contribution in [3.8, 4) is 5.75 Å². The van der Waals surface area contributed by atoms with Crippen molar-refractivity contribution >= 4 is 32.9 Å². The number of benzene rings is 1. The van der Waals surface area contributed by atoms with Crippen LogP contribution < -0.4 is 10.5 Å². The molecule has 1 aromatic carbocycles. The van der Waals surface area contributed by atoms with Gasteiger partial charge in [0, 0.05) is 10.5 Å². The van der Waals surface area contributed by atoms with Crippen molar-refractivity contribution in [2.75, 3.05) is 5.73 Å². The van der Waals surface area contributed by atoms with Gasteiger partial charge in [-0.25, -0.2) is 10.1 Å². The number of rotatable bonds is 3. The molecule has 3 rings (SSSR count). The second kappa shape index (κ2) is 5.09. The third kappa shape index (κ3) is 2.32. The normalized spacial score (nSPS) is 10.9. The van der Waals surface area contributed by atoms with Crippen LogP contribution in [0, 0.1) is 6.92 Å². The molecule has 0 unspecified atom stereocenters. The molecule has 0 fully saturated rings. The van der Waals surface area contributed by atoms with Crippen LogP contribution in [0.25, 0.3) is 11.2 Å².